The van der Waals surface area contributed by atoms with Gasteiger partial charge in [-0.25, -0.2) is 13.8 Å². The van der Waals surface area contributed by atoms with Crippen LogP contribution in [0, 0.1) is 18.6 Å². The van der Waals surface area contributed by atoms with Crippen molar-refractivity contribution in [3.63, 3.8) is 0 Å². The first-order valence-electron chi connectivity index (χ1n) is 10.8. The Labute approximate surface area is 190 Å². The number of rotatable bonds is 4. The highest BCUT2D eigenvalue weighted by atomic mass is 19.1. The van der Waals surface area contributed by atoms with Crippen LogP contribution >= 0.6 is 0 Å². The molecule has 0 N–H and O–H groups in total. The fourth-order valence-corrected chi connectivity index (χ4v) is 4.42. The summed E-state index contributed by atoms with van der Waals surface area (Å²) < 4.78 is 32.9. The van der Waals surface area contributed by atoms with Gasteiger partial charge in [-0.05, 0) is 60.4 Å². The minimum atomic E-state index is -0.380. The van der Waals surface area contributed by atoms with E-state index in [2.05, 4.69) is 11.1 Å². The van der Waals surface area contributed by atoms with Crippen molar-refractivity contribution in [3.8, 4) is 11.5 Å². The monoisotopic (exact) mass is 444 g/mol. The molecule has 5 rings (SSSR count). The Morgan fingerprint density at radius 3 is 2.61 bits per heavy atom. The number of carbonyl (C=O) groups is 1. The normalized spacial score (nSPS) is 15.4. The van der Waals surface area contributed by atoms with Crippen molar-refractivity contribution in [1.82, 2.24) is 9.88 Å². The fourth-order valence-electron chi connectivity index (χ4n) is 4.42. The number of carbonyl (C=O) groups excluding carboxylic acids is 1. The van der Waals surface area contributed by atoms with Crippen LogP contribution in [0.3, 0.4) is 0 Å². The summed E-state index contributed by atoms with van der Waals surface area (Å²) in [5, 5.41) is 0. The first-order valence-corrected chi connectivity index (χ1v) is 10.8. The average Bonchev–Trinajstić information content (AvgIpc) is 3.19. The average molecular weight is 444 g/mol. The third-order valence-corrected chi connectivity index (χ3v) is 6.07. The zero-order chi connectivity index (χ0) is 22.9. The van der Waals surface area contributed by atoms with Gasteiger partial charge in [0.25, 0.3) is 0 Å². The standard InChI is InChI=1S/C27H22F2N2O2/c1-17-24(30-27(33-17)20-6-4-7-22(29)15-20)16-25(32)31-14-13-18-5-2-3-8-23(18)26(31)19-9-11-21(28)12-10-19/h2-12,15,26H,13-14,16H2,1H3/t26-/m0/s1. The minimum absolute atomic E-state index is 0.0600. The second-order valence-corrected chi connectivity index (χ2v) is 8.20. The summed E-state index contributed by atoms with van der Waals surface area (Å²) in [6.07, 6.45) is 0.802. The Balaban J connectivity index is 1.46. The lowest BCUT2D eigenvalue weighted by molar-refractivity contribution is -0.132. The number of oxazole rings is 1. The highest BCUT2D eigenvalue weighted by Gasteiger charge is 2.32. The van der Waals surface area contributed by atoms with Crippen LogP contribution in [0.25, 0.3) is 11.5 Å². The van der Waals surface area contributed by atoms with Crippen molar-refractivity contribution in [2.24, 2.45) is 0 Å². The van der Waals surface area contributed by atoms with Crippen molar-refractivity contribution in [2.75, 3.05) is 6.54 Å². The van der Waals surface area contributed by atoms with Gasteiger partial charge in [-0.2, -0.15) is 0 Å². The van der Waals surface area contributed by atoms with Crippen LogP contribution in [-0.2, 0) is 17.6 Å². The predicted molar refractivity (Wildman–Crippen MR) is 120 cm³/mol. The molecular formula is C27H22F2N2O2. The molecule has 0 bridgehead atoms. The van der Waals surface area contributed by atoms with Gasteiger partial charge in [0, 0.05) is 12.1 Å². The lowest BCUT2D eigenvalue weighted by atomic mass is 9.88. The van der Waals surface area contributed by atoms with E-state index in [1.165, 1.54) is 29.8 Å². The van der Waals surface area contributed by atoms with E-state index in [1.54, 1.807) is 31.2 Å². The number of aryl methyl sites for hydroxylation is 1. The summed E-state index contributed by atoms with van der Waals surface area (Å²) in [5.41, 5.74) is 4.13. The van der Waals surface area contributed by atoms with Crippen LogP contribution in [0.4, 0.5) is 8.78 Å². The molecule has 166 valence electrons. The van der Waals surface area contributed by atoms with Crippen molar-refractivity contribution >= 4 is 5.91 Å². The van der Waals surface area contributed by atoms with Gasteiger partial charge in [-0.3, -0.25) is 4.79 Å². The van der Waals surface area contributed by atoms with Crippen LogP contribution in [0.5, 0.6) is 0 Å². The fraction of sp³-hybridized carbons (Fsp3) is 0.185. The smallest absolute Gasteiger partial charge is 0.229 e. The van der Waals surface area contributed by atoms with Crippen molar-refractivity contribution in [1.29, 1.82) is 0 Å². The molecule has 6 heteroatoms. The van der Waals surface area contributed by atoms with Crippen LogP contribution in [-0.4, -0.2) is 22.3 Å². The Morgan fingerprint density at radius 1 is 1.03 bits per heavy atom. The lowest BCUT2D eigenvalue weighted by Crippen LogP contribution is -2.41. The molecule has 0 saturated heterocycles. The third kappa shape index (κ3) is 4.16. The maximum Gasteiger partial charge on any atom is 0.229 e. The highest BCUT2D eigenvalue weighted by Crippen LogP contribution is 2.36. The maximum atomic E-state index is 13.6. The topological polar surface area (TPSA) is 46.3 Å². The van der Waals surface area contributed by atoms with Crippen LogP contribution in [0.15, 0.2) is 77.2 Å². The summed E-state index contributed by atoms with van der Waals surface area (Å²) in [6, 6.07) is 20.0. The maximum absolute atomic E-state index is 13.6. The molecule has 2 heterocycles. The second kappa shape index (κ2) is 8.62. The Kier molecular flexibility index (Phi) is 5.50. The molecule has 4 aromatic rings. The van der Waals surface area contributed by atoms with Crippen LogP contribution < -0.4 is 0 Å². The van der Waals surface area contributed by atoms with Gasteiger partial charge in [-0.15, -0.1) is 0 Å². The summed E-state index contributed by atoms with van der Waals surface area (Å²) in [7, 11) is 0. The van der Waals surface area contributed by atoms with Gasteiger partial charge >= 0.3 is 0 Å². The first-order chi connectivity index (χ1) is 16.0. The predicted octanol–water partition coefficient (Wildman–Crippen LogP) is 5.65. The quantitative estimate of drug-likeness (QED) is 0.409. The number of hydrogen-bond donors (Lipinski definition) is 0. The molecule has 3 aromatic carbocycles. The number of hydrogen-bond acceptors (Lipinski definition) is 3. The number of fused-ring (bicyclic) bond motifs is 1. The van der Waals surface area contributed by atoms with Gasteiger partial charge in [0.05, 0.1) is 18.2 Å². The van der Waals surface area contributed by atoms with Crippen LogP contribution in [0.2, 0.25) is 0 Å². The molecule has 0 unspecified atom stereocenters. The second-order valence-electron chi connectivity index (χ2n) is 8.20. The first kappa shape index (κ1) is 21.1. The number of halogens is 2. The zero-order valence-corrected chi connectivity index (χ0v) is 18.1. The Morgan fingerprint density at radius 2 is 1.82 bits per heavy atom. The molecule has 1 aliphatic heterocycles. The summed E-state index contributed by atoms with van der Waals surface area (Å²) in [6.45, 7) is 2.30. The number of amides is 1. The molecule has 1 aliphatic rings. The number of nitrogens with zero attached hydrogens (tertiary/aromatic N) is 2. The number of benzene rings is 3. The van der Waals surface area contributed by atoms with Crippen LogP contribution in [0.1, 0.15) is 34.2 Å². The Bertz CT molecular complexity index is 1310. The van der Waals surface area contributed by atoms with E-state index in [-0.39, 0.29) is 35.9 Å². The molecule has 33 heavy (non-hydrogen) atoms. The lowest BCUT2D eigenvalue weighted by Gasteiger charge is -2.38. The van der Waals surface area contributed by atoms with Crippen molar-refractivity contribution in [3.05, 3.63) is 113 Å². The van der Waals surface area contributed by atoms with Gasteiger partial charge in [-0.1, -0.05) is 42.5 Å². The van der Waals surface area contributed by atoms with E-state index in [1.807, 2.05) is 23.1 Å². The van der Waals surface area contributed by atoms with E-state index in [0.29, 0.717) is 23.6 Å². The Hall–Kier alpha value is -3.80. The molecule has 1 atom stereocenters. The van der Waals surface area contributed by atoms with Gasteiger partial charge in [0.15, 0.2) is 0 Å². The summed E-state index contributed by atoms with van der Waals surface area (Å²) in [4.78, 5) is 19.8. The van der Waals surface area contributed by atoms with Gasteiger partial charge in [0.1, 0.15) is 17.4 Å². The SMILES string of the molecule is Cc1oc(-c2cccc(F)c2)nc1CC(=O)N1CCc2ccccc2[C@@H]1c1ccc(F)cc1. The van der Waals surface area contributed by atoms with E-state index >= 15 is 0 Å². The molecular weight excluding hydrogens is 422 g/mol. The minimum Gasteiger partial charge on any atom is -0.441 e. The molecule has 1 aromatic heterocycles. The molecule has 0 spiro atoms. The summed E-state index contributed by atoms with van der Waals surface area (Å²) >= 11 is 0. The van der Waals surface area contributed by atoms with Crippen molar-refractivity contribution < 1.29 is 18.0 Å². The van der Waals surface area contributed by atoms with Gasteiger partial charge < -0.3 is 9.32 Å². The van der Waals surface area contributed by atoms with E-state index < -0.39 is 0 Å². The van der Waals surface area contributed by atoms with Gasteiger partial charge in [0.2, 0.25) is 11.8 Å². The van der Waals surface area contributed by atoms with E-state index in [0.717, 1.165) is 17.5 Å². The molecule has 0 aliphatic carbocycles. The molecule has 0 saturated carbocycles. The third-order valence-electron chi connectivity index (χ3n) is 6.07. The molecule has 4 nitrogen and oxygen atoms in total. The molecule has 0 radical (unpaired) electrons. The summed E-state index contributed by atoms with van der Waals surface area (Å²) in [5.74, 6) is 0.0205. The van der Waals surface area contributed by atoms with E-state index in [4.69, 9.17) is 4.42 Å². The molecule has 0 fully saturated rings. The zero-order valence-electron chi connectivity index (χ0n) is 18.1. The largest absolute Gasteiger partial charge is 0.441 e. The van der Waals surface area contributed by atoms with E-state index in [9.17, 15) is 13.6 Å². The molecule has 1 amide bonds. The highest BCUT2D eigenvalue weighted by molar-refractivity contribution is 5.80. The van der Waals surface area contributed by atoms with Crippen molar-refractivity contribution in [2.45, 2.75) is 25.8 Å². The number of aromatic nitrogens is 1.